The molecule has 0 saturated carbocycles. The van der Waals surface area contributed by atoms with Gasteiger partial charge in [-0.2, -0.15) is 28.1 Å². The van der Waals surface area contributed by atoms with Crippen LogP contribution in [-0.2, 0) is 6.54 Å². The molecule has 0 saturated heterocycles. The number of anilines is 3. The lowest BCUT2D eigenvalue weighted by Gasteiger charge is -2.11. The smallest absolute Gasteiger partial charge is 0.350 e. The topological polar surface area (TPSA) is 108 Å². The highest BCUT2D eigenvalue weighted by atomic mass is 19.4. The Kier molecular flexibility index (Phi) is 4.88. The minimum atomic E-state index is -4.41. The van der Waals surface area contributed by atoms with Crippen molar-refractivity contribution < 1.29 is 18.4 Å². The second kappa shape index (κ2) is 6.85. The van der Waals surface area contributed by atoms with Gasteiger partial charge in [-0.15, -0.1) is 0 Å². The van der Waals surface area contributed by atoms with E-state index in [4.69, 9.17) is 5.21 Å². The van der Waals surface area contributed by atoms with Gasteiger partial charge < -0.3 is 10.6 Å². The van der Waals surface area contributed by atoms with Crippen LogP contribution in [0.1, 0.15) is 5.56 Å². The molecule has 2 rings (SSSR count). The fourth-order valence-corrected chi connectivity index (χ4v) is 1.45. The number of pyridine rings is 1. The van der Waals surface area contributed by atoms with Crippen LogP contribution in [0.2, 0.25) is 0 Å². The zero-order valence-electron chi connectivity index (χ0n) is 11.1. The van der Waals surface area contributed by atoms with Crippen LogP contribution in [0.15, 0.2) is 24.5 Å². The summed E-state index contributed by atoms with van der Waals surface area (Å²) in [5.41, 5.74) is 2.49. The molecule has 0 aromatic carbocycles. The predicted molar refractivity (Wildman–Crippen MR) is 71.3 cm³/mol. The summed E-state index contributed by atoms with van der Waals surface area (Å²) in [5, 5.41) is 13.6. The molecule has 11 heteroatoms. The molecule has 0 radical (unpaired) electrons. The molecule has 0 aliphatic carbocycles. The molecule has 2 heterocycles. The molecule has 0 atom stereocenters. The molecule has 0 aliphatic heterocycles. The number of nitrogens with zero attached hydrogens (tertiary/aromatic N) is 4. The summed E-state index contributed by atoms with van der Waals surface area (Å²) in [6.45, 7) is -0.995. The van der Waals surface area contributed by atoms with E-state index in [0.29, 0.717) is 6.54 Å². The van der Waals surface area contributed by atoms with E-state index in [2.05, 4.69) is 25.3 Å². The van der Waals surface area contributed by atoms with E-state index in [1.54, 1.807) is 30.0 Å². The Morgan fingerprint density at radius 1 is 1.05 bits per heavy atom. The monoisotopic (exact) mass is 315 g/mol. The summed E-state index contributed by atoms with van der Waals surface area (Å²) >= 11 is 0. The lowest BCUT2D eigenvalue weighted by molar-refractivity contribution is -0.115. The van der Waals surface area contributed by atoms with Crippen LogP contribution < -0.4 is 16.1 Å². The Bertz CT molecular complexity index is 608. The molecular formula is C11H12F3N7O. The molecule has 0 amide bonds. The van der Waals surface area contributed by atoms with Gasteiger partial charge in [-0.25, -0.2) is 5.48 Å². The number of rotatable bonds is 6. The molecule has 0 fully saturated rings. The van der Waals surface area contributed by atoms with Crippen LogP contribution >= 0.6 is 0 Å². The predicted octanol–water partition coefficient (Wildman–Crippen LogP) is 1.65. The van der Waals surface area contributed by atoms with Crippen molar-refractivity contribution in [1.29, 1.82) is 0 Å². The second-order valence-corrected chi connectivity index (χ2v) is 4.10. The normalized spacial score (nSPS) is 11.1. The lowest BCUT2D eigenvalue weighted by atomic mass is 10.3. The molecular weight excluding hydrogens is 303 g/mol. The maximum Gasteiger partial charge on any atom is 0.405 e. The molecule has 118 valence electrons. The summed E-state index contributed by atoms with van der Waals surface area (Å²) in [7, 11) is 0. The standard InChI is InChI=1S/C11H12F3N7O/c12-11(13,14)6-17-9-18-8(19-10(20-9)21-22)16-5-7-2-1-3-15-4-7/h1-4,22H,5-6H2,(H3,16,17,18,19,20,21). The Hall–Kier alpha value is -2.69. The highest BCUT2D eigenvalue weighted by molar-refractivity contribution is 5.41. The minimum absolute atomic E-state index is 0.0000718. The first kappa shape index (κ1) is 15.7. The number of aromatic nitrogens is 4. The van der Waals surface area contributed by atoms with Crippen LogP contribution in [0, 0.1) is 0 Å². The van der Waals surface area contributed by atoms with Gasteiger partial charge in [0.2, 0.25) is 11.9 Å². The summed E-state index contributed by atoms with van der Waals surface area (Å²) in [5.74, 6) is -0.606. The quantitative estimate of drug-likeness (QED) is 0.596. The Morgan fingerprint density at radius 3 is 2.32 bits per heavy atom. The van der Waals surface area contributed by atoms with Crippen LogP contribution in [0.25, 0.3) is 0 Å². The summed E-state index contributed by atoms with van der Waals surface area (Å²) in [4.78, 5) is 15.0. The van der Waals surface area contributed by atoms with Gasteiger partial charge in [0, 0.05) is 18.9 Å². The molecule has 8 nitrogen and oxygen atoms in total. The summed E-state index contributed by atoms with van der Waals surface area (Å²) in [6.07, 6.45) is -1.19. The SMILES string of the molecule is ONc1nc(NCc2cccnc2)nc(NCC(F)(F)F)n1. The maximum atomic E-state index is 12.2. The van der Waals surface area contributed by atoms with Crippen molar-refractivity contribution >= 4 is 17.8 Å². The van der Waals surface area contributed by atoms with E-state index in [-0.39, 0.29) is 17.8 Å². The third kappa shape index (κ3) is 5.01. The maximum absolute atomic E-state index is 12.2. The van der Waals surface area contributed by atoms with E-state index in [9.17, 15) is 13.2 Å². The third-order valence-electron chi connectivity index (χ3n) is 2.36. The first-order chi connectivity index (χ1) is 10.5. The molecule has 0 spiro atoms. The second-order valence-electron chi connectivity index (χ2n) is 4.10. The number of alkyl halides is 3. The number of hydrogen-bond acceptors (Lipinski definition) is 8. The van der Waals surface area contributed by atoms with Gasteiger partial charge in [-0.3, -0.25) is 10.2 Å². The van der Waals surface area contributed by atoms with Gasteiger partial charge in [0.25, 0.3) is 5.95 Å². The van der Waals surface area contributed by atoms with Crippen molar-refractivity contribution in [3.8, 4) is 0 Å². The van der Waals surface area contributed by atoms with E-state index < -0.39 is 12.7 Å². The minimum Gasteiger partial charge on any atom is -0.350 e. The van der Waals surface area contributed by atoms with Gasteiger partial charge in [0.05, 0.1) is 0 Å². The molecule has 2 aromatic rings. The largest absolute Gasteiger partial charge is 0.405 e. The first-order valence-corrected chi connectivity index (χ1v) is 6.06. The summed E-state index contributed by atoms with van der Waals surface area (Å²) in [6, 6.07) is 3.54. The van der Waals surface area contributed by atoms with Crippen molar-refractivity contribution in [2.75, 3.05) is 22.7 Å². The number of hydrogen-bond donors (Lipinski definition) is 4. The van der Waals surface area contributed by atoms with Crippen LogP contribution in [0.3, 0.4) is 0 Å². The molecule has 0 bridgehead atoms. The Labute approximate surface area is 122 Å². The fraction of sp³-hybridized carbons (Fsp3) is 0.273. The fourth-order valence-electron chi connectivity index (χ4n) is 1.45. The van der Waals surface area contributed by atoms with Crippen molar-refractivity contribution in [1.82, 2.24) is 19.9 Å². The third-order valence-corrected chi connectivity index (χ3v) is 2.36. The van der Waals surface area contributed by atoms with Crippen molar-refractivity contribution in [2.24, 2.45) is 0 Å². The molecule has 4 N–H and O–H groups in total. The molecule has 0 unspecified atom stereocenters. The highest BCUT2D eigenvalue weighted by Gasteiger charge is 2.27. The van der Waals surface area contributed by atoms with E-state index in [1.807, 2.05) is 5.32 Å². The van der Waals surface area contributed by atoms with Gasteiger partial charge in [-0.1, -0.05) is 6.07 Å². The number of nitrogens with one attached hydrogen (secondary N) is 3. The van der Waals surface area contributed by atoms with Gasteiger partial charge in [0.15, 0.2) is 0 Å². The zero-order valence-corrected chi connectivity index (χ0v) is 11.1. The Balaban J connectivity index is 2.06. The summed E-state index contributed by atoms with van der Waals surface area (Å²) < 4.78 is 36.5. The lowest BCUT2D eigenvalue weighted by Crippen LogP contribution is -2.23. The molecule has 22 heavy (non-hydrogen) atoms. The van der Waals surface area contributed by atoms with Crippen LogP contribution in [0.5, 0.6) is 0 Å². The van der Waals surface area contributed by atoms with Crippen LogP contribution in [0.4, 0.5) is 31.0 Å². The van der Waals surface area contributed by atoms with Crippen LogP contribution in [-0.4, -0.2) is 37.9 Å². The van der Waals surface area contributed by atoms with Gasteiger partial charge in [0.1, 0.15) is 6.54 Å². The Morgan fingerprint density at radius 2 is 1.73 bits per heavy atom. The van der Waals surface area contributed by atoms with Crippen molar-refractivity contribution in [3.05, 3.63) is 30.1 Å². The van der Waals surface area contributed by atoms with Crippen molar-refractivity contribution in [3.63, 3.8) is 0 Å². The average molecular weight is 315 g/mol. The van der Waals surface area contributed by atoms with E-state index >= 15 is 0 Å². The number of halogens is 3. The van der Waals surface area contributed by atoms with Gasteiger partial charge in [-0.05, 0) is 11.6 Å². The van der Waals surface area contributed by atoms with E-state index in [0.717, 1.165) is 5.56 Å². The average Bonchev–Trinajstić information content (AvgIpc) is 2.51. The molecule has 0 aliphatic rings. The van der Waals surface area contributed by atoms with Gasteiger partial charge >= 0.3 is 6.18 Å². The van der Waals surface area contributed by atoms with E-state index in [1.165, 1.54) is 0 Å². The first-order valence-electron chi connectivity index (χ1n) is 6.06. The van der Waals surface area contributed by atoms with Crippen molar-refractivity contribution in [2.45, 2.75) is 12.7 Å². The molecule has 2 aromatic heterocycles. The zero-order chi connectivity index (χ0) is 16.0. The highest BCUT2D eigenvalue weighted by Crippen LogP contribution is 2.16.